The van der Waals surface area contributed by atoms with E-state index in [-0.39, 0.29) is 11.9 Å². The van der Waals surface area contributed by atoms with Gasteiger partial charge in [0.05, 0.1) is 18.6 Å². The minimum atomic E-state index is -2.77. The minimum Gasteiger partial charge on any atom is -0.339 e. The summed E-state index contributed by atoms with van der Waals surface area (Å²) in [6.45, 7) is 0.782. The summed E-state index contributed by atoms with van der Waals surface area (Å²) in [4.78, 5) is 14.0. The number of carbonyl (C=O) groups excluding carboxylic acids is 1. The summed E-state index contributed by atoms with van der Waals surface area (Å²) in [5.41, 5.74) is 0. The molecule has 0 aromatic carbocycles. The Morgan fingerprint density at radius 1 is 1.45 bits per heavy atom. The average molecular weight is 284 g/mol. The van der Waals surface area contributed by atoms with Gasteiger partial charge in [0.15, 0.2) is 0 Å². The van der Waals surface area contributed by atoms with Crippen LogP contribution in [0.2, 0.25) is 0 Å². The van der Waals surface area contributed by atoms with E-state index in [1.165, 1.54) is 0 Å². The highest BCUT2D eigenvalue weighted by molar-refractivity contribution is 5.82. The van der Waals surface area contributed by atoms with Gasteiger partial charge in [0.2, 0.25) is 5.91 Å². The normalized spacial score (nSPS) is 29.6. The molecular weight excluding hydrogens is 266 g/mol. The molecule has 2 saturated heterocycles. The predicted molar refractivity (Wildman–Crippen MR) is 68.4 cm³/mol. The molecule has 5 nitrogen and oxygen atoms in total. The number of piperidine rings is 1. The van der Waals surface area contributed by atoms with Crippen LogP contribution in [-0.4, -0.2) is 52.2 Å². The Morgan fingerprint density at radius 2 is 2.30 bits per heavy atom. The first kappa shape index (κ1) is 13.5. The third kappa shape index (κ3) is 2.67. The van der Waals surface area contributed by atoms with Crippen molar-refractivity contribution in [2.75, 3.05) is 19.6 Å². The molecule has 1 N–H and O–H groups in total. The molecule has 20 heavy (non-hydrogen) atoms. The number of carbonyl (C=O) groups is 1. The lowest BCUT2D eigenvalue weighted by Gasteiger charge is -2.34. The number of aromatic nitrogens is 2. The zero-order valence-electron chi connectivity index (χ0n) is 11.1. The first-order valence-electron chi connectivity index (χ1n) is 6.94. The van der Waals surface area contributed by atoms with Crippen molar-refractivity contribution in [1.82, 2.24) is 20.0 Å². The lowest BCUT2D eigenvalue weighted by Crippen LogP contribution is -2.48. The Kier molecular flexibility index (Phi) is 3.45. The van der Waals surface area contributed by atoms with Gasteiger partial charge in [-0.1, -0.05) is 0 Å². The van der Waals surface area contributed by atoms with Crippen molar-refractivity contribution in [3.05, 3.63) is 18.5 Å². The molecule has 1 aromatic heterocycles. The highest BCUT2D eigenvalue weighted by Crippen LogP contribution is 2.28. The van der Waals surface area contributed by atoms with E-state index in [2.05, 4.69) is 10.4 Å². The maximum absolute atomic E-state index is 13.2. The van der Waals surface area contributed by atoms with Gasteiger partial charge in [-0.25, -0.2) is 8.78 Å². The maximum Gasteiger partial charge on any atom is 0.262 e. The minimum absolute atomic E-state index is 0.143. The van der Waals surface area contributed by atoms with Crippen LogP contribution in [0.4, 0.5) is 8.78 Å². The number of nitrogens with zero attached hydrogens (tertiary/aromatic N) is 3. The second kappa shape index (κ2) is 5.12. The van der Waals surface area contributed by atoms with Crippen LogP contribution in [0.25, 0.3) is 0 Å². The van der Waals surface area contributed by atoms with Crippen molar-refractivity contribution in [2.24, 2.45) is 0 Å². The topological polar surface area (TPSA) is 50.2 Å². The molecule has 0 spiro atoms. The van der Waals surface area contributed by atoms with Crippen molar-refractivity contribution in [3.8, 4) is 0 Å². The number of alkyl halides is 2. The van der Waals surface area contributed by atoms with E-state index >= 15 is 0 Å². The molecular formula is C13H18F2N4O. The molecule has 7 heteroatoms. The van der Waals surface area contributed by atoms with Crippen molar-refractivity contribution in [3.63, 3.8) is 0 Å². The zero-order chi connectivity index (χ0) is 14.2. The summed E-state index contributed by atoms with van der Waals surface area (Å²) in [5.74, 6) is -2.98. The van der Waals surface area contributed by atoms with Crippen molar-refractivity contribution < 1.29 is 13.6 Å². The highest BCUT2D eigenvalue weighted by atomic mass is 19.3. The first-order valence-corrected chi connectivity index (χ1v) is 6.94. The molecule has 1 amide bonds. The van der Waals surface area contributed by atoms with Gasteiger partial charge in [0, 0.05) is 31.9 Å². The largest absolute Gasteiger partial charge is 0.339 e. The number of hydrogen-bond acceptors (Lipinski definition) is 3. The molecule has 2 atom stereocenters. The van der Waals surface area contributed by atoms with Crippen LogP contribution in [0.3, 0.4) is 0 Å². The molecule has 1 aromatic rings. The Bertz CT molecular complexity index is 477. The Hall–Kier alpha value is -1.50. The lowest BCUT2D eigenvalue weighted by molar-refractivity contribution is -0.135. The molecule has 3 heterocycles. The van der Waals surface area contributed by atoms with Gasteiger partial charge < -0.3 is 4.90 Å². The monoisotopic (exact) mass is 284 g/mol. The van der Waals surface area contributed by atoms with Gasteiger partial charge in [-0.05, 0) is 18.9 Å². The van der Waals surface area contributed by atoms with Crippen LogP contribution in [-0.2, 0) is 4.79 Å². The predicted octanol–water partition coefficient (Wildman–Crippen LogP) is 1.04. The Labute approximate surface area is 115 Å². The lowest BCUT2D eigenvalue weighted by atomic mass is 10.0. The summed E-state index contributed by atoms with van der Waals surface area (Å²) >= 11 is 0. The van der Waals surface area contributed by atoms with Crippen molar-refractivity contribution in [1.29, 1.82) is 0 Å². The molecule has 3 rings (SSSR count). The summed E-state index contributed by atoms with van der Waals surface area (Å²) in [6, 6.07) is 1.24. The number of hydrogen-bond donors (Lipinski definition) is 1. The van der Waals surface area contributed by atoms with E-state index in [1.807, 2.05) is 16.9 Å². The van der Waals surface area contributed by atoms with Crippen LogP contribution in [0, 0.1) is 0 Å². The third-order valence-corrected chi connectivity index (χ3v) is 4.02. The summed E-state index contributed by atoms with van der Waals surface area (Å²) in [7, 11) is 0. The average Bonchev–Trinajstić information content (AvgIpc) is 3.07. The molecule has 110 valence electrons. The maximum atomic E-state index is 13.2. The number of likely N-dealkylation sites (tertiary alicyclic amines) is 1. The number of nitrogens with one attached hydrogen (secondary N) is 1. The standard InChI is InChI=1S/C13H18F2N4O/c14-13(15)7-11(16-9-13)12(20)18-5-1-3-10(8-18)19-6-2-4-17-19/h2,4,6,10-11,16H,1,3,5,7-9H2. The van der Waals surface area contributed by atoms with Gasteiger partial charge >= 0.3 is 0 Å². The Morgan fingerprint density at radius 3 is 2.95 bits per heavy atom. The quantitative estimate of drug-likeness (QED) is 0.883. The summed E-state index contributed by atoms with van der Waals surface area (Å²) in [6.07, 6.45) is 5.02. The molecule has 0 radical (unpaired) electrons. The van der Waals surface area contributed by atoms with Gasteiger partial charge in [-0.2, -0.15) is 5.10 Å². The van der Waals surface area contributed by atoms with Crippen LogP contribution < -0.4 is 5.32 Å². The zero-order valence-corrected chi connectivity index (χ0v) is 11.1. The van der Waals surface area contributed by atoms with E-state index in [0.29, 0.717) is 13.1 Å². The van der Waals surface area contributed by atoms with Crippen LogP contribution in [0.5, 0.6) is 0 Å². The number of amides is 1. The smallest absolute Gasteiger partial charge is 0.262 e. The van der Waals surface area contributed by atoms with Crippen LogP contribution in [0.1, 0.15) is 25.3 Å². The van der Waals surface area contributed by atoms with E-state index in [9.17, 15) is 13.6 Å². The molecule has 0 aliphatic carbocycles. The fourth-order valence-electron chi connectivity index (χ4n) is 2.98. The molecule has 2 aliphatic rings. The van der Waals surface area contributed by atoms with Gasteiger partial charge in [0.25, 0.3) is 5.92 Å². The summed E-state index contributed by atoms with van der Waals surface area (Å²) < 4.78 is 28.2. The van der Waals surface area contributed by atoms with Gasteiger partial charge in [-0.3, -0.25) is 14.8 Å². The first-order chi connectivity index (χ1) is 9.55. The third-order valence-electron chi connectivity index (χ3n) is 4.02. The fourth-order valence-corrected chi connectivity index (χ4v) is 2.98. The molecule has 2 aliphatic heterocycles. The highest BCUT2D eigenvalue weighted by Gasteiger charge is 2.44. The second-order valence-corrected chi connectivity index (χ2v) is 5.56. The molecule has 2 unspecified atom stereocenters. The van der Waals surface area contributed by atoms with Crippen LogP contribution in [0.15, 0.2) is 18.5 Å². The Balaban J connectivity index is 1.64. The molecule has 0 bridgehead atoms. The SMILES string of the molecule is O=C(C1CC(F)(F)CN1)N1CCCC(n2cccn2)C1. The molecule has 0 saturated carbocycles. The fraction of sp³-hybridized carbons (Fsp3) is 0.692. The van der Waals surface area contributed by atoms with E-state index in [1.54, 1.807) is 11.1 Å². The van der Waals surface area contributed by atoms with Crippen molar-refractivity contribution >= 4 is 5.91 Å². The van der Waals surface area contributed by atoms with Gasteiger partial charge in [0.1, 0.15) is 0 Å². The summed E-state index contributed by atoms with van der Waals surface area (Å²) in [5, 5.41) is 6.83. The van der Waals surface area contributed by atoms with E-state index in [4.69, 9.17) is 0 Å². The number of rotatable bonds is 2. The van der Waals surface area contributed by atoms with Gasteiger partial charge in [-0.15, -0.1) is 0 Å². The van der Waals surface area contributed by atoms with Crippen molar-refractivity contribution in [2.45, 2.75) is 37.3 Å². The molecule has 2 fully saturated rings. The number of halogens is 2. The van der Waals surface area contributed by atoms with E-state index in [0.717, 1.165) is 12.8 Å². The van der Waals surface area contributed by atoms with E-state index < -0.39 is 24.9 Å². The second-order valence-electron chi connectivity index (χ2n) is 5.56. The van der Waals surface area contributed by atoms with Crippen LogP contribution >= 0.6 is 0 Å².